The summed E-state index contributed by atoms with van der Waals surface area (Å²) in [6, 6.07) is 11.1. The van der Waals surface area contributed by atoms with Crippen molar-refractivity contribution in [2.75, 3.05) is 5.32 Å². The summed E-state index contributed by atoms with van der Waals surface area (Å²) in [6.07, 6.45) is 0. The standard InChI is InChI=1S/C13H10BrF2N/c14-10-5-3-7-12(16)13(10)17-8-9-4-1-2-6-11(9)15/h1-7,17H,8H2. The molecule has 0 fully saturated rings. The highest BCUT2D eigenvalue weighted by Gasteiger charge is 2.07. The van der Waals surface area contributed by atoms with Crippen molar-refractivity contribution < 1.29 is 8.78 Å². The van der Waals surface area contributed by atoms with Gasteiger partial charge < -0.3 is 5.32 Å². The fourth-order valence-electron chi connectivity index (χ4n) is 1.49. The van der Waals surface area contributed by atoms with E-state index >= 15 is 0 Å². The van der Waals surface area contributed by atoms with Crippen LogP contribution in [0.25, 0.3) is 0 Å². The number of hydrogen-bond donors (Lipinski definition) is 1. The van der Waals surface area contributed by atoms with Crippen molar-refractivity contribution in [3.05, 3.63) is 64.1 Å². The summed E-state index contributed by atoms with van der Waals surface area (Å²) in [6.45, 7) is 0.242. The van der Waals surface area contributed by atoms with Gasteiger partial charge >= 0.3 is 0 Å². The van der Waals surface area contributed by atoms with Gasteiger partial charge in [0, 0.05) is 16.6 Å². The molecule has 0 spiro atoms. The molecule has 2 rings (SSSR count). The van der Waals surface area contributed by atoms with Gasteiger partial charge in [0.2, 0.25) is 0 Å². The third kappa shape index (κ3) is 2.82. The van der Waals surface area contributed by atoms with Crippen LogP contribution < -0.4 is 5.32 Å². The molecule has 0 aromatic heterocycles. The molecule has 1 nitrogen and oxygen atoms in total. The quantitative estimate of drug-likeness (QED) is 0.889. The molecule has 0 heterocycles. The van der Waals surface area contributed by atoms with E-state index in [4.69, 9.17) is 0 Å². The first-order valence-corrected chi connectivity index (χ1v) is 5.89. The first-order chi connectivity index (χ1) is 8.18. The van der Waals surface area contributed by atoms with Crippen molar-refractivity contribution in [2.24, 2.45) is 0 Å². The van der Waals surface area contributed by atoms with E-state index in [9.17, 15) is 8.78 Å². The number of benzene rings is 2. The molecule has 0 amide bonds. The van der Waals surface area contributed by atoms with Crippen molar-refractivity contribution in [3.63, 3.8) is 0 Å². The molecule has 0 radical (unpaired) electrons. The molecule has 88 valence electrons. The molecular formula is C13H10BrF2N. The lowest BCUT2D eigenvalue weighted by atomic mass is 10.2. The molecule has 4 heteroatoms. The van der Waals surface area contributed by atoms with Gasteiger partial charge in [-0.15, -0.1) is 0 Å². The number of anilines is 1. The second kappa shape index (κ2) is 5.27. The molecule has 17 heavy (non-hydrogen) atoms. The Morgan fingerprint density at radius 1 is 0.941 bits per heavy atom. The van der Waals surface area contributed by atoms with E-state index in [1.807, 2.05) is 0 Å². The third-order valence-corrected chi connectivity index (χ3v) is 3.04. The average Bonchev–Trinajstić information content (AvgIpc) is 2.30. The fourth-order valence-corrected chi connectivity index (χ4v) is 1.97. The largest absolute Gasteiger partial charge is 0.378 e. The minimum atomic E-state index is -0.365. The maximum atomic E-state index is 13.5. The fraction of sp³-hybridized carbons (Fsp3) is 0.0769. The number of halogens is 3. The predicted molar refractivity (Wildman–Crippen MR) is 67.8 cm³/mol. The van der Waals surface area contributed by atoms with E-state index in [2.05, 4.69) is 21.2 Å². The number of nitrogens with one attached hydrogen (secondary N) is 1. The van der Waals surface area contributed by atoms with Gasteiger partial charge in [-0.2, -0.15) is 0 Å². The molecule has 0 saturated carbocycles. The maximum absolute atomic E-state index is 13.5. The lowest BCUT2D eigenvalue weighted by Gasteiger charge is -2.10. The Labute approximate surface area is 107 Å². The van der Waals surface area contributed by atoms with Gasteiger partial charge in [-0.25, -0.2) is 8.78 Å². The lowest BCUT2D eigenvalue weighted by Crippen LogP contribution is -2.03. The zero-order valence-corrected chi connectivity index (χ0v) is 10.5. The number of hydrogen-bond acceptors (Lipinski definition) is 1. The van der Waals surface area contributed by atoms with Crippen LogP contribution in [0.2, 0.25) is 0 Å². The zero-order valence-electron chi connectivity index (χ0n) is 8.88. The zero-order chi connectivity index (χ0) is 12.3. The third-order valence-electron chi connectivity index (χ3n) is 2.38. The van der Waals surface area contributed by atoms with Crippen LogP contribution in [-0.4, -0.2) is 0 Å². The van der Waals surface area contributed by atoms with Crippen LogP contribution in [-0.2, 0) is 6.54 Å². The van der Waals surface area contributed by atoms with Crippen LogP contribution in [0.3, 0.4) is 0 Å². The molecule has 2 aromatic carbocycles. The summed E-state index contributed by atoms with van der Waals surface area (Å²) in [5.41, 5.74) is 0.846. The molecule has 1 N–H and O–H groups in total. The number of rotatable bonds is 3. The van der Waals surface area contributed by atoms with Crippen LogP contribution in [0.1, 0.15) is 5.56 Å². The van der Waals surface area contributed by atoms with Crippen molar-refractivity contribution in [2.45, 2.75) is 6.54 Å². The predicted octanol–water partition coefficient (Wildman–Crippen LogP) is 4.34. The minimum Gasteiger partial charge on any atom is -0.378 e. The second-order valence-corrected chi connectivity index (χ2v) is 4.40. The van der Waals surface area contributed by atoms with Gasteiger partial charge in [0.1, 0.15) is 11.6 Å². The SMILES string of the molecule is Fc1ccccc1CNc1c(F)cccc1Br. The second-order valence-electron chi connectivity index (χ2n) is 3.54. The van der Waals surface area contributed by atoms with E-state index in [0.717, 1.165) is 0 Å². The molecule has 0 aliphatic rings. The Bertz CT molecular complexity index is 508. The molecule has 0 unspecified atom stereocenters. The number of para-hydroxylation sites is 1. The Balaban J connectivity index is 2.16. The van der Waals surface area contributed by atoms with Crippen LogP contribution in [0, 0.1) is 11.6 Å². The highest BCUT2D eigenvalue weighted by molar-refractivity contribution is 9.10. The molecule has 2 aromatic rings. The Kier molecular flexibility index (Phi) is 3.74. The highest BCUT2D eigenvalue weighted by atomic mass is 79.9. The highest BCUT2D eigenvalue weighted by Crippen LogP contribution is 2.25. The molecule has 0 atom stereocenters. The van der Waals surface area contributed by atoms with Gasteiger partial charge in [-0.1, -0.05) is 24.3 Å². The van der Waals surface area contributed by atoms with Gasteiger partial charge in [-0.05, 0) is 34.1 Å². The van der Waals surface area contributed by atoms with E-state index in [0.29, 0.717) is 15.7 Å². The van der Waals surface area contributed by atoms with Gasteiger partial charge in [0.25, 0.3) is 0 Å². The van der Waals surface area contributed by atoms with E-state index in [1.165, 1.54) is 12.1 Å². The molecular weight excluding hydrogens is 288 g/mol. The van der Waals surface area contributed by atoms with E-state index in [1.54, 1.807) is 30.3 Å². The van der Waals surface area contributed by atoms with Gasteiger partial charge in [0.15, 0.2) is 0 Å². The van der Waals surface area contributed by atoms with Crippen LogP contribution in [0.5, 0.6) is 0 Å². The van der Waals surface area contributed by atoms with Crippen LogP contribution in [0.15, 0.2) is 46.9 Å². The van der Waals surface area contributed by atoms with Gasteiger partial charge in [0.05, 0.1) is 5.69 Å². The van der Waals surface area contributed by atoms with Crippen molar-refractivity contribution in [1.82, 2.24) is 0 Å². The monoisotopic (exact) mass is 297 g/mol. The first kappa shape index (κ1) is 12.0. The van der Waals surface area contributed by atoms with Crippen LogP contribution in [0.4, 0.5) is 14.5 Å². The van der Waals surface area contributed by atoms with Crippen LogP contribution >= 0.6 is 15.9 Å². The summed E-state index contributed by atoms with van der Waals surface area (Å²) in [5.74, 6) is -0.664. The summed E-state index contributed by atoms with van der Waals surface area (Å²) in [5, 5.41) is 2.88. The summed E-state index contributed by atoms with van der Waals surface area (Å²) in [4.78, 5) is 0. The van der Waals surface area contributed by atoms with Crippen molar-refractivity contribution >= 4 is 21.6 Å². The first-order valence-electron chi connectivity index (χ1n) is 5.10. The maximum Gasteiger partial charge on any atom is 0.147 e. The van der Waals surface area contributed by atoms with E-state index < -0.39 is 0 Å². The Hall–Kier alpha value is -1.42. The molecule has 0 aliphatic carbocycles. The lowest BCUT2D eigenvalue weighted by molar-refractivity contribution is 0.610. The summed E-state index contributed by atoms with van der Waals surface area (Å²) in [7, 11) is 0. The molecule has 0 bridgehead atoms. The molecule has 0 aliphatic heterocycles. The normalized spacial score (nSPS) is 10.3. The van der Waals surface area contributed by atoms with E-state index in [-0.39, 0.29) is 18.2 Å². The minimum absolute atomic E-state index is 0.242. The van der Waals surface area contributed by atoms with Gasteiger partial charge in [-0.3, -0.25) is 0 Å². The molecule has 0 saturated heterocycles. The van der Waals surface area contributed by atoms with Crippen molar-refractivity contribution in [3.8, 4) is 0 Å². The Morgan fingerprint density at radius 3 is 2.35 bits per heavy atom. The smallest absolute Gasteiger partial charge is 0.147 e. The van der Waals surface area contributed by atoms with Crippen molar-refractivity contribution in [1.29, 1.82) is 0 Å². The Morgan fingerprint density at radius 2 is 1.65 bits per heavy atom. The summed E-state index contributed by atoms with van der Waals surface area (Å²) >= 11 is 3.24. The topological polar surface area (TPSA) is 12.0 Å². The average molecular weight is 298 g/mol. The summed E-state index contributed by atoms with van der Waals surface area (Å²) < 4.78 is 27.4.